The van der Waals surface area contributed by atoms with E-state index >= 15 is 0 Å². The largest absolute Gasteiger partial charge is 0.380 e. The second-order valence-electron chi connectivity index (χ2n) is 3.51. The summed E-state index contributed by atoms with van der Waals surface area (Å²) in [6.45, 7) is 1.85. The van der Waals surface area contributed by atoms with Crippen molar-refractivity contribution in [1.29, 1.82) is 0 Å². The summed E-state index contributed by atoms with van der Waals surface area (Å²) >= 11 is 5.89. The van der Waals surface area contributed by atoms with Crippen LogP contribution in [-0.4, -0.2) is 19.3 Å². The van der Waals surface area contributed by atoms with Crippen LogP contribution in [0, 0.1) is 5.82 Å². The molecule has 1 aromatic rings. The van der Waals surface area contributed by atoms with Crippen LogP contribution >= 0.6 is 11.6 Å². The fraction of sp³-hybridized carbons (Fsp3) is 0.455. The van der Waals surface area contributed by atoms with E-state index in [0.29, 0.717) is 17.0 Å². The standard InChI is InChI=1S/C11H15ClFNO/c1-7(15-2)11(14)6-8-9(12)4-3-5-10(8)13/h3-5,7,11H,6,14H2,1-2H3. The number of methoxy groups -OCH3 is 1. The van der Waals surface area contributed by atoms with Gasteiger partial charge in [-0.25, -0.2) is 4.39 Å². The molecule has 1 rings (SSSR count). The van der Waals surface area contributed by atoms with Crippen molar-refractivity contribution >= 4 is 11.6 Å². The maximum absolute atomic E-state index is 13.4. The zero-order valence-electron chi connectivity index (χ0n) is 8.84. The Bertz CT molecular complexity index is 312. The fourth-order valence-corrected chi connectivity index (χ4v) is 1.54. The third-order valence-electron chi connectivity index (χ3n) is 2.48. The second kappa shape index (κ2) is 5.45. The highest BCUT2D eigenvalue weighted by Gasteiger charge is 2.16. The number of benzene rings is 1. The van der Waals surface area contributed by atoms with E-state index < -0.39 is 0 Å². The second-order valence-corrected chi connectivity index (χ2v) is 3.92. The molecule has 0 saturated heterocycles. The Morgan fingerprint density at radius 3 is 2.73 bits per heavy atom. The van der Waals surface area contributed by atoms with Crippen LogP contribution in [0.3, 0.4) is 0 Å². The van der Waals surface area contributed by atoms with Gasteiger partial charge in [-0.15, -0.1) is 0 Å². The molecule has 2 unspecified atom stereocenters. The van der Waals surface area contributed by atoms with Gasteiger partial charge in [0.05, 0.1) is 6.10 Å². The maximum atomic E-state index is 13.4. The average Bonchev–Trinajstić information content (AvgIpc) is 2.22. The Kier molecular flexibility index (Phi) is 4.51. The van der Waals surface area contributed by atoms with Crippen LogP contribution in [0.4, 0.5) is 4.39 Å². The number of hydrogen-bond acceptors (Lipinski definition) is 2. The van der Waals surface area contributed by atoms with E-state index in [1.807, 2.05) is 6.92 Å². The quantitative estimate of drug-likeness (QED) is 0.864. The predicted octanol–water partition coefficient (Wildman–Crippen LogP) is 2.38. The summed E-state index contributed by atoms with van der Waals surface area (Å²) in [7, 11) is 1.58. The molecule has 0 radical (unpaired) electrons. The Balaban J connectivity index is 2.80. The minimum atomic E-state index is -0.318. The first-order valence-corrected chi connectivity index (χ1v) is 5.15. The predicted molar refractivity (Wildman–Crippen MR) is 59.6 cm³/mol. The smallest absolute Gasteiger partial charge is 0.127 e. The van der Waals surface area contributed by atoms with Gasteiger partial charge in [-0.05, 0) is 25.5 Å². The average molecular weight is 232 g/mol. The van der Waals surface area contributed by atoms with Gasteiger partial charge in [0.1, 0.15) is 5.82 Å². The van der Waals surface area contributed by atoms with E-state index in [0.717, 1.165) is 0 Å². The molecule has 15 heavy (non-hydrogen) atoms. The summed E-state index contributed by atoms with van der Waals surface area (Å²) in [5, 5.41) is 0.411. The van der Waals surface area contributed by atoms with Crippen molar-refractivity contribution in [2.45, 2.75) is 25.5 Å². The van der Waals surface area contributed by atoms with Crippen molar-refractivity contribution in [3.63, 3.8) is 0 Å². The Morgan fingerprint density at radius 1 is 1.53 bits per heavy atom. The van der Waals surface area contributed by atoms with Gasteiger partial charge in [0.25, 0.3) is 0 Å². The van der Waals surface area contributed by atoms with Gasteiger partial charge in [0, 0.05) is 23.7 Å². The first-order valence-electron chi connectivity index (χ1n) is 4.77. The normalized spacial score (nSPS) is 15.0. The zero-order chi connectivity index (χ0) is 11.4. The van der Waals surface area contributed by atoms with Gasteiger partial charge < -0.3 is 10.5 Å². The highest BCUT2D eigenvalue weighted by Crippen LogP contribution is 2.20. The summed E-state index contributed by atoms with van der Waals surface area (Å²) in [5.41, 5.74) is 6.30. The molecule has 0 fully saturated rings. The zero-order valence-corrected chi connectivity index (χ0v) is 9.59. The topological polar surface area (TPSA) is 35.2 Å². The van der Waals surface area contributed by atoms with Gasteiger partial charge >= 0.3 is 0 Å². The summed E-state index contributed by atoms with van der Waals surface area (Å²) in [4.78, 5) is 0. The number of hydrogen-bond donors (Lipinski definition) is 1. The van der Waals surface area contributed by atoms with Gasteiger partial charge in [-0.2, -0.15) is 0 Å². The first kappa shape index (κ1) is 12.4. The Morgan fingerprint density at radius 2 is 2.20 bits per heavy atom. The molecule has 1 aromatic carbocycles. The van der Waals surface area contributed by atoms with Gasteiger partial charge in [-0.3, -0.25) is 0 Å². The van der Waals surface area contributed by atoms with E-state index in [1.54, 1.807) is 19.2 Å². The van der Waals surface area contributed by atoms with Gasteiger partial charge in [-0.1, -0.05) is 17.7 Å². The van der Waals surface area contributed by atoms with Crippen molar-refractivity contribution in [3.8, 4) is 0 Å². The molecule has 0 aliphatic rings. The molecule has 0 amide bonds. The Hall–Kier alpha value is -0.640. The monoisotopic (exact) mass is 231 g/mol. The molecule has 0 heterocycles. The van der Waals surface area contributed by atoms with E-state index in [9.17, 15) is 4.39 Å². The van der Waals surface area contributed by atoms with Crippen molar-refractivity contribution in [2.75, 3.05) is 7.11 Å². The molecular formula is C11H15ClFNO. The van der Waals surface area contributed by atoms with Crippen LogP contribution in [0.1, 0.15) is 12.5 Å². The summed E-state index contributed by atoms with van der Waals surface area (Å²) in [5.74, 6) is -0.318. The molecule has 2 atom stereocenters. The molecule has 0 saturated carbocycles. The number of nitrogens with two attached hydrogens (primary N) is 1. The lowest BCUT2D eigenvalue weighted by Crippen LogP contribution is -2.36. The molecular weight excluding hydrogens is 217 g/mol. The van der Waals surface area contributed by atoms with E-state index in [2.05, 4.69) is 0 Å². The van der Waals surface area contributed by atoms with Crippen molar-refractivity contribution in [2.24, 2.45) is 5.73 Å². The molecule has 84 valence electrons. The van der Waals surface area contributed by atoms with Gasteiger partial charge in [0.2, 0.25) is 0 Å². The van der Waals surface area contributed by atoms with Crippen LogP contribution < -0.4 is 5.73 Å². The molecule has 0 aliphatic carbocycles. The fourth-order valence-electron chi connectivity index (χ4n) is 1.30. The molecule has 0 aliphatic heterocycles. The van der Waals surface area contributed by atoms with Crippen LogP contribution in [-0.2, 0) is 11.2 Å². The molecule has 0 spiro atoms. The number of ether oxygens (including phenoxy) is 1. The SMILES string of the molecule is COC(C)C(N)Cc1c(F)cccc1Cl. The van der Waals surface area contributed by atoms with E-state index in [4.69, 9.17) is 22.1 Å². The summed E-state index contributed by atoms with van der Waals surface area (Å²) in [6, 6.07) is 4.35. The lowest BCUT2D eigenvalue weighted by Gasteiger charge is -2.19. The molecule has 2 N–H and O–H groups in total. The lowest BCUT2D eigenvalue weighted by molar-refractivity contribution is 0.0953. The van der Waals surface area contributed by atoms with Crippen LogP contribution in [0.2, 0.25) is 5.02 Å². The van der Waals surface area contributed by atoms with Crippen molar-refractivity contribution in [3.05, 3.63) is 34.6 Å². The van der Waals surface area contributed by atoms with Crippen LogP contribution in [0.25, 0.3) is 0 Å². The van der Waals surface area contributed by atoms with E-state index in [-0.39, 0.29) is 18.0 Å². The Labute approximate surface area is 94.2 Å². The maximum Gasteiger partial charge on any atom is 0.127 e. The van der Waals surface area contributed by atoms with Crippen LogP contribution in [0.15, 0.2) is 18.2 Å². The third-order valence-corrected chi connectivity index (χ3v) is 2.83. The highest BCUT2D eigenvalue weighted by molar-refractivity contribution is 6.31. The molecule has 2 nitrogen and oxygen atoms in total. The summed E-state index contributed by atoms with van der Waals surface area (Å²) < 4.78 is 18.5. The number of rotatable bonds is 4. The summed E-state index contributed by atoms with van der Waals surface area (Å²) in [6.07, 6.45) is 0.251. The molecule has 0 bridgehead atoms. The minimum Gasteiger partial charge on any atom is -0.380 e. The van der Waals surface area contributed by atoms with Crippen molar-refractivity contribution < 1.29 is 9.13 Å². The highest BCUT2D eigenvalue weighted by atomic mass is 35.5. The third kappa shape index (κ3) is 3.16. The van der Waals surface area contributed by atoms with Crippen molar-refractivity contribution in [1.82, 2.24) is 0 Å². The number of halogens is 2. The first-order chi connectivity index (χ1) is 7.06. The van der Waals surface area contributed by atoms with Gasteiger partial charge in [0.15, 0.2) is 0 Å². The van der Waals surface area contributed by atoms with Crippen LogP contribution in [0.5, 0.6) is 0 Å². The lowest BCUT2D eigenvalue weighted by atomic mass is 10.0. The minimum absolute atomic E-state index is 0.124. The van der Waals surface area contributed by atoms with E-state index in [1.165, 1.54) is 6.07 Å². The molecule has 4 heteroatoms. The molecule has 0 aromatic heterocycles.